The first-order chi connectivity index (χ1) is 69.2. The normalized spacial score (nSPS) is 15.6. The number of ether oxygens (including phenoxy) is 14. The molecule has 0 bridgehead atoms. The Bertz CT molecular complexity index is 3950. The first-order valence-electron chi connectivity index (χ1n) is 50.1. The van der Waals surface area contributed by atoms with Crippen LogP contribution in [0, 0.1) is 38.4 Å². The lowest BCUT2D eigenvalue weighted by atomic mass is 9.89. The van der Waals surface area contributed by atoms with Crippen LogP contribution in [0.1, 0.15) is 230 Å². The number of H-pyrrole nitrogens is 1. The second kappa shape index (κ2) is 82.2. The summed E-state index contributed by atoms with van der Waals surface area (Å²) in [4.78, 5) is 169. The number of nitrogens with zero attached hydrogens (tertiary/aromatic N) is 4. The van der Waals surface area contributed by atoms with Gasteiger partial charge in [0, 0.05) is 138 Å². The molecule has 0 radical (unpaired) electrons. The van der Waals surface area contributed by atoms with Gasteiger partial charge >= 0.3 is 29.8 Å². The Morgan fingerprint density at radius 1 is 0.555 bits per heavy atom. The number of likely N-dealkylation sites (N-methyl/N-ethyl adjacent to an activating group) is 2. The maximum absolute atomic E-state index is 14.5. The fraction of sp³-hybridized carbons (Fsp3) is 0.770. The van der Waals surface area contributed by atoms with Crippen LogP contribution in [-0.4, -0.2) is 373 Å². The number of carboxylic acid groups (broad SMARTS) is 1. The number of pyridine rings is 1. The zero-order chi connectivity index (χ0) is 111. The van der Waals surface area contributed by atoms with Gasteiger partial charge in [-0.2, -0.15) is 12.6 Å². The molecule has 146 heavy (non-hydrogen) atoms. The molecular formula is C100H176N10O34S2. The van der Waals surface area contributed by atoms with E-state index in [4.69, 9.17) is 91.8 Å². The van der Waals surface area contributed by atoms with E-state index in [1.165, 1.54) is 61.0 Å². The number of nitrogens with one attached hydrogen (secondary N) is 6. The number of aliphatic hydroxyl groups excluding tert-OH is 5. The van der Waals surface area contributed by atoms with Crippen molar-refractivity contribution in [2.45, 2.75) is 328 Å². The number of amides is 7. The largest absolute Gasteiger partial charge is 0.481 e. The van der Waals surface area contributed by atoms with Crippen molar-refractivity contribution in [2.75, 3.05) is 149 Å². The summed E-state index contributed by atoms with van der Waals surface area (Å²) >= 11 is 9.07. The third-order valence-corrected chi connectivity index (χ3v) is 23.8. The van der Waals surface area contributed by atoms with Crippen molar-refractivity contribution in [1.82, 2.24) is 46.3 Å². The maximum atomic E-state index is 14.5. The second-order valence-corrected chi connectivity index (χ2v) is 38.0. The van der Waals surface area contributed by atoms with E-state index in [-0.39, 0.29) is 212 Å². The summed E-state index contributed by atoms with van der Waals surface area (Å²) in [6.45, 7) is 25.4. The van der Waals surface area contributed by atoms with Gasteiger partial charge in [-0.3, -0.25) is 67.8 Å². The minimum atomic E-state index is -1.06. The molecule has 0 aliphatic carbocycles. The van der Waals surface area contributed by atoms with E-state index in [2.05, 4.69) is 56.4 Å². The number of benzene rings is 1. The molecule has 44 nitrogen and oxygen atoms in total. The van der Waals surface area contributed by atoms with Crippen molar-refractivity contribution in [3.05, 3.63) is 69.0 Å². The van der Waals surface area contributed by atoms with Gasteiger partial charge in [-0.25, -0.2) is 4.79 Å². The van der Waals surface area contributed by atoms with Crippen LogP contribution < -0.4 is 26.6 Å². The van der Waals surface area contributed by atoms with Crippen molar-refractivity contribution < 1.29 is 159 Å². The monoisotopic (exact) mass is 2130 g/mol. The Labute approximate surface area is 873 Å². The standard InChI is InChI=1S/C55H94N6O14.C21H40N2O7S.C12H22O7.C7H16O4.C5H4N2O2S/c1-15-37(7)50(60(11)54(68)48(35(3)4)58-53(67)49(36(5)6)59(9)10)43(70-12)32-45(64)61-29-21-25-42(61)51(72-14)38(8)52(66)57-41(31-39-23-18-17-19-24-39)55(69)73-30-22-28-56-44(63)26-20-27-46(65)74-34-47(71-13)75-40(16-2)33-62;1-5-16(14-24)30-20(28-4)15-29-19(27)9-6-8-17(25)22-12-7-13-23-18(26)10-11-21(2,3)31;1-3-9(7-13)19-12(17-2)8-18-11(16)6-4-5-10(14)15;1-3-6(4-8)11-7(5-9)10-2;8-7(9)4-1-2-5(10)6-3-4/h17-19,23-24,35-38,40-43,47-51,62H,15-16,20-22,25-34H2,1-14H3,(H,56,63)(H,57,66)(H,58,67);16,20,24,31H,5-15H2,1-4H3,(H,22,25)(H,23,26);9,12-13H,3-8H2,1-2H3,(H,14,15);6-9H,3-5H2,1-2H3;1-3H,(H,6,10)/t37-,38+,40?,41-,42-,43+,47?,48-,49-,50-,51+;;;;/m0..../s1. The Morgan fingerprint density at radius 2 is 1.01 bits per heavy atom. The van der Waals surface area contributed by atoms with Crippen molar-refractivity contribution in [3.63, 3.8) is 0 Å². The van der Waals surface area contributed by atoms with E-state index in [0.717, 1.165) is 5.56 Å². The van der Waals surface area contributed by atoms with Gasteiger partial charge in [0.2, 0.25) is 41.4 Å². The molecule has 17 atom stereocenters. The lowest BCUT2D eigenvalue weighted by molar-refractivity contribution is -0.385. The summed E-state index contributed by atoms with van der Waals surface area (Å²) in [5, 5.41) is 77.5. The predicted molar refractivity (Wildman–Crippen MR) is 548 cm³/mol. The van der Waals surface area contributed by atoms with Gasteiger partial charge in [-0.15, -0.1) is 0 Å². The number of carboxylic acids is 1. The van der Waals surface area contributed by atoms with Crippen LogP contribution in [0.15, 0.2) is 48.7 Å². The number of carbonyl (C=O) groups is 12. The first-order valence-corrected chi connectivity index (χ1v) is 51.0. The van der Waals surface area contributed by atoms with Crippen molar-refractivity contribution in [1.29, 1.82) is 0 Å². The quantitative estimate of drug-likeness (QED) is 0.00448. The van der Waals surface area contributed by atoms with Crippen LogP contribution >= 0.6 is 24.8 Å². The molecular weight excluding hydrogens is 1950 g/mol. The Kier molecular flexibility index (Phi) is 78.4. The fourth-order valence-electron chi connectivity index (χ4n) is 14.5. The van der Waals surface area contributed by atoms with Gasteiger partial charge in [0.15, 0.2) is 25.2 Å². The molecule has 0 saturated carbocycles. The molecule has 0 spiro atoms. The average molecular weight is 2130 g/mol. The molecule has 8 unspecified atom stereocenters. The highest BCUT2D eigenvalue weighted by molar-refractivity contribution is 7.81. The van der Waals surface area contributed by atoms with Gasteiger partial charge < -0.3 is 138 Å². The van der Waals surface area contributed by atoms with E-state index in [1.807, 2.05) is 132 Å². The molecule has 842 valence electrons. The number of rotatable bonds is 72. The molecule has 1 aromatic carbocycles. The SMILES string of the molecule is CCC(CO)OC(CO)OC.CCC(CO)OC(COC(=O)CCCC(=O)NCCCNC(=O)CCC(C)(C)S)OC.CCC(CO)OC(COC(=O)CCCC(=O)NCCCOC(=O)[C@H](Cc1ccccc1)NC(=O)[C@H](C)[C@@H](OC)[C@@H]1CCCN1C(=O)C[C@@H](OC)[C@H]([C@@H](C)CC)N(C)C(=O)[C@@H](NC(=O)[C@H](C(C)C)N(C)C)C(C)C)OC.CCC(CO)OC(COC(=O)CCCC(=O)O)OC.O=[N+]([O-])c1ccc(=S)[nH]c1. The van der Waals surface area contributed by atoms with E-state index in [0.29, 0.717) is 101 Å². The van der Waals surface area contributed by atoms with Gasteiger partial charge in [-0.1, -0.05) is 139 Å². The lowest BCUT2D eigenvalue weighted by Gasteiger charge is -2.41. The zero-order valence-corrected chi connectivity index (χ0v) is 91.8. The third-order valence-electron chi connectivity index (χ3n) is 23.4. The molecule has 1 aromatic heterocycles. The molecule has 1 fully saturated rings. The molecule has 46 heteroatoms. The predicted octanol–water partition coefficient (Wildman–Crippen LogP) is 7.39. The smallest absolute Gasteiger partial charge is 0.328 e. The fourth-order valence-corrected chi connectivity index (χ4v) is 14.8. The Hall–Kier alpha value is -8.66. The summed E-state index contributed by atoms with van der Waals surface area (Å²) in [6.07, 6.45) is 3.30. The number of likely N-dealkylation sites (tertiary alicyclic amines) is 1. The van der Waals surface area contributed by atoms with E-state index < -0.39 is 120 Å². The van der Waals surface area contributed by atoms with Gasteiger partial charge in [0.05, 0.1) is 118 Å². The van der Waals surface area contributed by atoms with Crippen LogP contribution in [-0.2, 0) is 130 Å². The number of aliphatic carboxylic acids is 1. The number of hydrogen-bond acceptors (Lipinski definition) is 36. The number of thiol groups is 1. The summed E-state index contributed by atoms with van der Waals surface area (Å²) in [7, 11) is 14.1. The number of aliphatic hydroxyl groups is 5. The van der Waals surface area contributed by atoms with E-state index in [1.54, 1.807) is 23.8 Å². The number of hydrogen-bond donors (Lipinski definition) is 13. The molecule has 1 aliphatic heterocycles. The zero-order valence-electron chi connectivity index (χ0n) is 90.1. The first kappa shape index (κ1) is 139. The number of aromatic amines is 1. The van der Waals surface area contributed by atoms with Crippen molar-refractivity contribution in [3.8, 4) is 0 Å². The Morgan fingerprint density at radius 3 is 1.38 bits per heavy atom. The van der Waals surface area contributed by atoms with Crippen LogP contribution in [0.2, 0.25) is 0 Å². The summed E-state index contributed by atoms with van der Waals surface area (Å²) in [5.74, 6) is -5.78. The minimum Gasteiger partial charge on any atom is -0.481 e. The molecule has 7 amide bonds. The van der Waals surface area contributed by atoms with E-state index >= 15 is 0 Å². The molecule has 2 aromatic rings. The average Bonchev–Trinajstić information content (AvgIpc) is 1.79. The Balaban J connectivity index is 0. The highest BCUT2D eigenvalue weighted by Gasteiger charge is 2.44. The molecule has 3 rings (SSSR count). The highest BCUT2D eigenvalue weighted by atomic mass is 32.1. The van der Waals surface area contributed by atoms with Crippen molar-refractivity contribution >= 4 is 102 Å². The summed E-state index contributed by atoms with van der Waals surface area (Å²) in [5.41, 5.74) is 0.816. The van der Waals surface area contributed by atoms with Crippen LogP contribution in [0.25, 0.3) is 0 Å². The van der Waals surface area contributed by atoms with Crippen LogP contribution in [0.4, 0.5) is 5.69 Å². The summed E-state index contributed by atoms with van der Waals surface area (Å²) in [6, 6.07) is 8.76. The van der Waals surface area contributed by atoms with Gasteiger partial charge in [-0.05, 0) is 121 Å². The van der Waals surface area contributed by atoms with Gasteiger partial charge in [0.25, 0.3) is 5.69 Å². The molecule has 1 aliphatic rings. The maximum Gasteiger partial charge on any atom is 0.328 e. The minimum absolute atomic E-state index is 0.00472. The number of esters is 4. The summed E-state index contributed by atoms with van der Waals surface area (Å²) < 4.78 is 74.7. The molecule has 2 heterocycles. The number of nitro groups is 1. The van der Waals surface area contributed by atoms with Gasteiger partial charge in [0.1, 0.15) is 36.5 Å². The van der Waals surface area contributed by atoms with Crippen LogP contribution in [0.5, 0.6) is 0 Å². The van der Waals surface area contributed by atoms with Crippen LogP contribution in [0.3, 0.4) is 0 Å². The molecule has 12 N–H and O–H groups in total. The number of carbonyl (C=O) groups excluding carboxylic acids is 11. The number of methoxy groups -OCH3 is 6. The molecule has 1 saturated heterocycles. The number of aromatic nitrogens is 1. The topological polar surface area (TPSA) is 584 Å². The lowest BCUT2D eigenvalue weighted by Crippen LogP contribution is -2.59. The van der Waals surface area contributed by atoms with E-state index in [9.17, 15) is 72.8 Å². The third kappa shape index (κ3) is 62.1. The highest BCUT2D eigenvalue weighted by Crippen LogP contribution is 2.31. The van der Waals surface area contributed by atoms with Crippen molar-refractivity contribution in [2.24, 2.45) is 23.7 Å². The second-order valence-electron chi connectivity index (χ2n) is 36.4.